The Balaban J connectivity index is 2.72. The van der Waals surface area contributed by atoms with E-state index in [1.54, 1.807) is 20.0 Å². The first-order valence-electron chi connectivity index (χ1n) is 5.41. The maximum Gasteiger partial charge on any atom is 0.221 e. The van der Waals surface area contributed by atoms with E-state index in [1.165, 1.54) is 0 Å². The lowest BCUT2D eigenvalue weighted by atomic mass is 10.1. The first kappa shape index (κ1) is 14.7. The van der Waals surface area contributed by atoms with Gasteiger partial charge in [-0.2, -0.15) is 4.98 Å². The quantitative estimate of drug-likeness (QED) is 0.702. The van der Waals surface area contributed by atoms with Crippen molar-refractivity contribution in [3.8, 4) is 0 Å². The van der Waals surface area contributed by atoms with Crippen LogP contribution in [0.2, 0.25) is 0 Å². The van der Waals surface area contributed by atoms with Gasteiger partial charge >= 0.3 is 0 Å². The van der Waals surface area contributed by atoms with E-state index in [4.69, 9.17) is 5.73 Å². The lowest BCUT2D eigenvalue weighted by molar-refractivity contribution is 0.476. The number of aromatic nitrogens is 2. The second kappa shape index (κ2) is 5.07. The van der Waals surface area contributed by atoms with Crippen molar-refractivity contribution in [1.29, 1.82) is 0 Å². The molecule has 0 bridgehead atoms. The summed E-state index contributed by atoms with van der Waals surface area (Å²) in [6.07, 6.45) is 2.74. The fraction of sp³-hybridized carbons (Fsp3) is 0.600. The van der Waals surface area contributed by atoms with Crippen LogP contribution in [0.15, 0.2) is 6.20 Å². The Morgan fingerprint density at radius 2 is 2.06 bits per heavy atom. The Hall–Kier alpha value is -1.41. The van der Waals surface area contributed by atoms with Crippen LogP contribution in [0.1, 0.15) is 19.4 Å². The van der Waals surface area contributed by atoms with Gasteiger partial charge in [0.15, 0.2) is 0 Å². The summed E-state index contributed by atoms with van der Waals surface area (Å²) in [5, 5.41) is 3.06. The van der Waals surface area contributed by atoms with Gasteiger partial charge in [-0.05, 0) is 20.8 Å². The molecule has 18 heavy (non-hydrogen) atoms. The standard InChI is InChI=1S/C10H19N5O2S/c1-7-5-12-9(11)14-8(7)13-6-10(2,3)15-18(4,16)17/h5,15H,6H2,1-4H3,(H3,11,12,13,14). The number of hydrogen-bond donors (Lipinski definition) is 3. The molecule has 0 aromatic carbocycles. The summed E-state index contributed by atoms with van der Waals surface area (Å²) < 4.78 is 24.9. The first-order valence-corrected chi connectivity index (χ1v) is 7.30. The van der Waals surface area contributed by atoms with Crippen LogP contribution in [0.5, 0.6) is 0 Å². The van der Waals surface area contributed by atoms with Crippen molar-refractivity contribution >= 4 is 21.8 Å². The number of aryl methyl sites for hydroxylation is 1. The highest BCUT2D eigenvalue weighted by Gasteiger charge is 2.22. The van der Waals surface area contributed by atoms with Gasteiger partial charge in [0.2, 0.25) is 16.0 Å². The monoisotopic (exact) mass is 273 g/mol. The third kappa shape index (κ3) is 4.84. The summed E-state index contributed by atoms with van der Waals surface area (Å²) in [5.41, 5.74) is 5.72. The zero-order chi connectivity index (χ0) is 14.0. The minimum atomic E-state index is -3.25. The van der Waals surface area contributed by atoms with Gasteiger partial charge in [-0.3, -0.25) is 0 Å². The Kier molecular flexibility index (Phi) is 4.12. The minimum absolute atomic E-state index is 0.178. The van der Waals surface area contributed by atoms with Gasteiger partial charge < -0.3 is 11.1 Å². The van der Waals surface area contributed by atoms with Crippen LogP contribution >= 0.6 is 0 Å². The van der Waals surface area contributed by atoms with Crippen molar-refractivity contribution in [2.45, 2.75) is 26.3 Å². The fourth-order valence-corrected chi connectivity index (χ4v) is 2.55. The summed E-state index contributed by atoms with van der Waals surface area (Å²) in [5.74, 6) is 0.780. The number of nitrogen functional groups attached to an aromatic ring is 1. The molecule has 102 valence electrons. The Morgan fingerprint density at radius 1 is 1.44 bits per heavy atom. The normalized spacial score (nSPS) is 12.4. The summed E-state index contributed by atoms with van der Waals surface area (Å²) in [7, 11) is -3.25. The van der Waals surface area contributed by atoms with Crippen molar-refractivity contribution in [3.05, 3.63) is 11.8 Å². The largest absolute Gasteiger partial charge is 0.368 e. The zero-order valence-electron chi connectivity index (χ0n) is 11.0. The molecular formula is C10H19N5O2S. The molecule has 0 amide bonds. The lowest BCUT2D eigenvalue weighted by Crippen LogP contribution is -2.47. The van der Waals surface area contributed by atoms with Gasteiger partial charge in [0.1, 0.15) is 5.82 Å². The van der Waals surface area contributed by atoms with Crippen LogP contribution in [-0.2, 0) is 10.0 Å². The Bertz CT molecular complexity index is 527. The third-order valence-corrected chi connectivity index (χ3v) is 3.07. The highest BCUT2D eigenvalue weighted by Crippen LogP contribution is 2.13. The average molecular weight is 273 g/mol. The van der Waals surface area contributed by atoms with Crippen LogP contribution in [0.3, 0.4) is 0 Å². The van der Waals surface area contributed by atoms with Crippen LogP contribution in [0, 0.1) is 6.92 Å². The Morgan fingerprint density at radius 3 is 2.61 bits per heavy atom. The van der Waals surface area contributed by atoms with Gasteiger partial charge in [-0.15, -0.1) is 0 Å². The number of sulfonamides is 1. The summed E-state index contributed by atoms with van der Waals surface area (Å²) in [4.78, 5) is 7.91. The summed E-state index contributed by atoms with van der Waals surface area (Å²) >= 11 is 0. The van der Waals surface area contributed by atoms with Crippen LogP contribution in [0.25, 0.3) is 0 Å². The molecule has 0 atom stereocenters. The van der Waals surface area contributed by atoms with Crippen molar-refractivity contribution in [2.75, 3.05) is 23.9 Å². The molecule has 8 heteroatoms. The molecule has 0 spiro atoms. The topological polar surface area (TPSA) is 110 Å². The highest BCUT2D eigenvalue weighted by molar-refractivity contribution is 7.88. The molecule has 1 rings (SSSR count). The molecule has 1 heterocycles. The maximum atomic E-state index is 11.2. The average Bonchev–Trinajstić information content (AvgIpc) is 2.16. The number of rotatable bonds is 5. The van der Waals surface area contributed by atoms with Crippen molar-refractivity contribution in [3.63, 3.8) is 0 Å². The van der Waals surface area contributed by atoms with Gasteiger partial charge in [-0.25, -0.2) is 18.1 Å². The third-order valence-electron chi connectivity index (χ3n) is 2.15. The van der Waals surface area contributed by atoms with E-state index in [0.717, 1.165) is 11.8 Å². The number of nitrogens with one attached hydrogen (secondary N) is 2. The molecule has 1 aromatic heterocycles. The van der Waals surface area contributed by atoms with Gasteiger partial charge in [0.25, 0.3) is 0 Å². The predicted molar refractivity (Wildman–Crippen MR) is 71.7 cm³/mol. The molecule has 0 aliphatic rings. The van der Waals surface area contributed by atoms with E-state index in [9.17, 15) is 8.42 Å². The fourth-order valence-electron chi connectivity index (χ4n) is 1.48. The maximum absolute atomic E-state index is 11.2. The second-order valence-corrected chi connectivity index (χ2v) is 6.62. The van der Waals surface area contributed by atoms with Gasteiger partial charge in [0, 0.05) is 23.8 Å². The molecule has 4 N–H and O–H groups in total. The second-order valence-electron chi connectivity index (χ2n) is 4.87. The van der Waals surface area contributed by atoms with E-state index in [-0.39, 0.29) is 5.95 Å². The minimum Gasteiger partial charge on any atom is -0.368 e. The van der Waals surface area contributed by atoms with E-state index < -0.39 is 15.6 Å². The molecule has 0 unspecified atom stereocenters. The molecular weight excluding hydrogens is 254 g/mol. The molecule has 1 aromatic rings. The number of nitrogens with two attached hydrogens (primary N) is 1. The SMILES string of the molecule is Cc1cnc(N)nc1NCC(C)(C)NS(C)(=O)=O. The van der Waals surface area contributed by atoms with Crippen molar-refractivity contribution in [2.24, 2.45) is 0 Å². The number of anilines is 2. The molecule has 7 nitrogen and oxygen atoms in total. The van der Waals surface area contributed by atoms with E-state index in [2.05, 4.69) is 20.0 Å². The number of nitrogens with zero attached hydrogens (tertiary/aromatic N) is 2. The van der Waals surface area contributed by atoms with Crippen molar-refractivity contribution in [1.82, 2.24) is 14.7 Å². The molecule has 0 aliphatic carbocycles. The predicted octanol–water partition coefficient (Wildman–Crippen LogP) is 0.107. The van der Waals surface area contributed by atoms with E-state index in [1.807, 2.05) is 6.92 Å². The lowest BCUT2D eigenvalue weighted by Gasteiger charge is -2.25. The Labute approximate surface area is 107 Å². The summed E-state index contributed by atoms with van der Waals surface area (Å²) in [6, 6.07) is 0. The smallest absolute Gasteiger partial charge is 0.221 e. The first-order chi connectivity index (χ1) is 8.09. The molecule has 0 aliphatic heterocycles. The molecule has 0 saturated heterocycles. The van der Waals surface area contributed by atoms with Crippen LogP contribution < -0.4 is 15.8 Å². The highest BCUT2D eigenvalue weighted by atomic mass is 32.2. The van der Waals surface area contributed by atoms with Crippen LogP contribution in [-0.4, -0.2) is 36.7 Å². The van der Waals surface area contributed by atoms with E-state index in [0.29, 0.717) is 12.4 Å². The number of hydrogen-bond acceptors (Lipinski definition) is 6. The summed E-state index contributed by atoms with van der Waals surface area (Å²) in [6.45, 7) is 5.79. The van der Waals surface area contributed by atoms with Gasteiger partial charge in [-0.1, -0.05) is 0 Å². The molecule has 0 radical (unpaired) electrons. The van der Waals surface area contributed by atoms with Gasteiger partial charge in [0.05, 0.1) is 6.26 Å². The molecule has 0 saturated carbocycles. The van der Waals surface area contributed by atoms with Crippen molar-refractivity contribution < 1.29 is 8.42 Å². The molecule has 0 fully saturated rings. The van der Waals surface area contributed by atoms with Crippen LogP contribution in [0.4, 0.5) is 11.8 Å². The van der Waals surface area contributed by atoms with E-state index >= 15 is 0 Å². The zero-order valence-corrected chi connectivity index (χ0v) is 11.8.